The van der Waals surface area contributed by atoms with E-state index in [1.165, 1.54) is 11.1 Å². The van der Waals surface area contributed by atoms with Crippen molar-refractivity contribution >= 4 is 16.7 Å². The predicted octanol–water partition coefficient (Wildman–Crippen LogP) is 3.59. The fraction of sp³-hybridized carbons (Fsp3) is 0.0625. The second kappa shape index (κ2) is 3.72. The van der Waals surface area contributed by atoms with Crippen molar-refractivity contribution in [2.45, 2.75) is 6.92 Å². The van der Waals surface area contributed by atoms with Crippen LogP contribution >= 0.6 is 0 Å². The van der Waals surface area contributed by atoms with Gasteiger partial charge in [-0.25, -0.2) is 4.52 Å². The number of hydrogen-bond donors (Lipinski definition) is 0. The van der Waals surface area contributed by atoms with Crippen LogP contribution in [0.15, 0.2) is 60.8 Å². The molecule has 2 aromatic carbocycles. The van der Waals surface area contributed by atoms with Crippen LogP contribution in [-0.4, -0.2) is 14.2 Å². The molecular formula is C16H13N3. The number of hydrogen-bond acceptors (Lipinski definition) is 1. The molecule has 0 amide bonds. The average Bonchev–Trinajstić information content (AvgIpc) is 3.00. The summed E-state index contributed by atoms with van der Waals surface area (Å²) in [7, 11) is 0. The molecule has 3 nitrogen and oxygen atoms in total. The molecule has 0 bridgehead atoms. The molecule has 0 unspecified atom stereocenters. The molecule has 4 aromatic rings. The lowest BCUT2D eigenvalue weighted by molar-refractivity contribution is 0.992. The zero-order valence-electron chi connectivity index (χ0n) is 10.6. The smallest absolute Gasteiger partial charge is 0.141 e. The first-order valence-corrected chi connectivity index (χ1v) is 6.35. The first kappa shape index (κ1) is 10.4. The van der Waals surface area contributed by atoms with Crippen LogP contribution in [0.3, 0.4) is 0 Å². The average molecular weight is 247 g/mol. The van der Waals surface area contributed by atoms with Crippen LogP contribution in [0.25, 0.3) is 22.4 Å². The SMILES string of the molecule is Cc1ccc2c(c1)n1nccc1n2-c1ccccc1. The Balaban J connectivity index is 2.20. The van der Waals surface area contributed by atoms with E-state index < -0.39 is 0 Å². The van der Waals surface area contributed by atoms with E-state index in [2.05, 4.69) is 59.1 Å². The van der Waals surface area contributed by atoms with Crippen molar-refractivity contribution in [1.29, 1.82) is 0 Å². The monoisotopic (exact) mass is 247 g/mol. The number of aromatic nitrogens is 3. The van der Waals surface area contributed by atoms with Crippen LogP contribution in [0.4, 0.5) is 0 Å². The highest BCUT2D eigenvalue weighted by Crippen LogP contribution is 2.25. The lowest BCUT2D eigenvalue weighted by Crippen LogP contribution is -1.92. The van der Waals surface area contributed by atoms with Gasteiger partial charge < -0.3 is 0 Å². The predicted molar refractivity (Wildman–Crippen MR) is 76.8 cm³/mol. The van der Waals surface area contributed by atoms with Crippen molar-refractivity contribution in [3.8, 4) is 5.69 Å². The Morgan fingerprint density at radius 2 is 1.74 bits per heavy atom. The van der Waals surface area contributed by atoms with E-state index in [1.54, 1.807) is 0 Å². The summed E-state index contributed by atoms with van der Waals surface area (Å²) in [5, 5.41) is 4.43. The summed E-state index contributed by atoms with van der Waals surface area (Å²) in [5.74, 6) is 0. The molecule has 0 fully saturated rings. The van der Waals surface area contributed by atoms with Gasteiger partial charge in [0.1, 0.15) is 5.65 Å². The summed E-state index contributed by atoms with van der Waals surface area (Å²) in [5.41, 5.74) is 5.82. The lowest BCUT2D eigenvalue weighted by Gasteiger charge is -2.05. The molecule has 0 aliphatic heterocycles. The highest BCUT2D eigenvalue weighted by atomic mass is 15.3. The first-order valence-electron chi connectivity index (χ1n) is 6.35. The Morgan fingerprint density at radius 1 is 0.895 bits per heavy atom. The number of rotatable bonds is 1. The maximum Gasteiger partial charge on any atom is 0.141 e. The van der Waals surface area contributed by atoms with Crippen molar-refractivity contribution in [3.05, 3.63) is 66.4 Å². The van der Waals surface area contributed by atoms with E-state index in [0.717, 1.165) is 16.9 Å². The molecule has 0 saturated heterocycles. The largest absolute Gasteiger partial charge is 0.293 e. The van der Waals surface area contributed by atoms with Gasteiger partial charge in [-0.3, -0.25) is 4.57 Å². The lowest BCUT2D eigenvalue weighted by atomic mass is 10.2. The van der Waals surface area contributed by atoms with Crippen molar-refractivity contribution in [1.82, 2.24) is 14.2 Å². The number of para-hydroxylation sites is 1. The number of imidazole rings is 1. The quantitative estimate of drug-likeness (QED) is 0.504. The first-order chi connectivity index (χ1) is 9.34. The molecule has 0 aliphatic carbocycles. The Kier molecular flexibility index (Phi) is 2.03. The van der Waals surface area contributed by atoms with E-state index in [1.807, 2.05) is 22.8 Å². The van der Waals surface area contributed by atoms with Crippen molar-refractivity contribution < 1.29 is 0 Å². The molecule has 92 valence electrons. The molecule has 4 rings (SSSR count). The third-order valence-corrected chi connectivity index (χ3v) is 3.47. The van der Waals surface area contributed by atoms with Gasteiger partial charge in [0.15, 0.2) is 0 Å². The van der Waals surface area contributed by atoms with Crippen molar-refractivity contribution in [3.63, 3.8) is 0 Å². The number of nitrogens with zero attached hydrogens (tertiary/aromatic N) is 3. The van der Waals surface area contributed by atoms with E-state index in [0.29, 0.717) is 0 Å². The van der Waals surface area contributed by atoms with Gasteiger partial charge in [0.05, 0.1) is 17.2 Å². The van der Waals surface area contributed by atoms with Crippen molar-refractivity contribution in [2.75, 3.05) is 0 Å². The van der Waals surface area contributed by atoms with Crippen LogP contribution in [0.2, 0.25) is 0 Å². The van der Waals surface area contributed by atoms with Gasteiger partial charge in [-0.2, -0.15) is 5.10 Å². The van der Waals surface area contributed by atoms with Crippen LogP contribution in [-0.2, 0) is 0 Å². The molecule has 0 spiro atoms. The molecule has 0 N–H and O–H groups in total. The number of aryl methyl sites for hydroxylation is 1. The zero-order valence-corrected chi connectivity index (χ0v) is 10.6. The molecular weight excluding hydrogens is 234 g/mol. The van der Waals surface area contributed by atoms with Gasteiger partial charge in [0.2, 0.25) is 0 Å². The maximum atomic E-state index is 4.43. The van der Waals surface area contributed by atoms with E-state index in [9.17, 15) is 0 Å². The second-order valence-corrected chi connectivity index (χ2v) is 4.76. The maximum absolute atomic E-state index is 4.43. The standard InChI is InChI=1S/C16H13N3/c1-12-7-8-14-15(11-12)19-16(9-10-17-19)18(14)13-5-3-2-4-6-13/h2-11H,1H3. The van der Waals surface area contributed by atoms with E-state index in [-0.39, 0.29) is 0 Å². The fourth-order valence-corrected chi connectivity index (χ4v) is 2.62. The van der Waals surface area contributed by atoms with Crippen LogP contribution in [0.5, 0.6) is 0 Å². The minimum atomic E-state index is 1.09. The van der Waals surface area contributed by atoms with Gasteiger partial charge in [-0.05, 0) is 36.8 Å². The minimum Gasteiger partial charge on any atom is -0.293 e. The molecule has 3 heteroatoms. The Bertz CT molecular complexity index is 869. The molecule has 2 heterocycles. The van der Waals surface area contributed by atoms with Gasteiger partial charge in [0, 0.05) is 11.8 Å². The zero-order chi connectivity index (χ0) is 12.8. The van der Waals surface area contributed by atoms with Crippen LogP contribution in [0.1, 0.15) is 5.56 Å². The van der Waals surface area contributed by atoms with Gasteiger partial charge in [-0.15, -0.1) is 0 Å². The van der Waals surface area contributed by atoms with Crippen molar-refractivity contribution in [2.24, 2.45) is 0 Å². The minimum absolute atomic E-state index is 1.09. The van der Waals surface area contributed by atoms with Crippen LogP contribution < -0.4 is 0 Å². The summed E-state index contributed by atoms with van der Waals surface area (Å²) < 4.78 is 4.23. The Morgan fingerprint density at radius 3 is 2.58 bits per heavy atom. The fourth-order valence-electron chi connectivity index (χ4n) is 2.62. The highest BCUT2D eigenvalue weighted by Gasteiger charge is 2.12. The van der Waals surface area contributed by atoms with Gasteiger partial charge in [0.25, 0.3) is 0 Å². The number of fused-ring (bicyclic) bond motifs is 3. The van der Waals surface area contributed by atoms with E-state index >= 15 is 0 Å². The number of benzene rings is 2. The summed E-state index contributed by atoms with van der Waals surface area (Å²) in [6.07, 6.45) is 1.84. The Hall–Kier alpha value is -2.55. The van der Waals surface area contributed by atoms with E-state index in [4.69, 9.17) is 0 Å². The summed E-state index contributed by atoms with van der Waals surface area (Å²) >= 11 is 0. The second-order valence-electron chi connectivity index (χ2n) is 4.76. The molecule has 2 aromatic heterocycles. The molecule has 19 heavy (non-hydrogen) atoms. The third kappa shape index (κ3) is 1.41. The summed E-state index contributed by atoms with van der Waals surface area (Å²) in [4.78, 5) is 0. The topological polar surface area (TPSA) is 22.2 Å². The summed E-state index contributed by atoms with van der Waals surface area (Å²) in [6.45, 7) is 2.11. The summed E-state index contributed by atoms with van der Waals surface area (Å²) in [6, 6.07) is 18.9. The van der Waals surface area contributed by atoms with Gasteiger partial charge in [-0.1, -0.05) is 24.3 Å². The van der Waals surface area contributed by atoms with Crippen LogP contribution in [0, 0.1) is 6.92 Å². The normalized spacial score (nSPS) is 11.4. The molecule has 0 radical (unpaired) electrons. The third-order valence-electron chi connectivity index (χ3n) is 3.47. The highest BCUT2D eigenvalue weighted by molar-refractivity contribution is 5.84. The Labute approximate surface area is 110 Å². The van der Waals surface area contributed by atoms with Gasteiger partial charge >= 0.3 is 0 Å². The molecule has 0 aliphatic rings. The molecule has 0 saturated carbocycles. The molecule has 0 atom stereocenters.